The van der Waals surface area contributed by atoms with Gasteiger partial charge < -0.3 is 14.4 Å². The average molecular weight is 377 g/mol. The number of amides is 1. The van der Waals surface area contributed by atoms with Crippen molar-refractivity contribution in [2.45, 2.75) is 65.6 Å². The van der Waals surface area contributed by atoms with Crippen LogP contribution in [0.4, 0.5) is 4.79 Å². The highest BCUT2D eigenvalue weighted by Gasteiger charge is 2.39. The number of nitrogens with zero attached hydrogens (tertiary/aromatic N) is 3. The number of ether oxygens (including phenoxy) is 2. The Morgan fingerprint density at radius 2 is 1.81 bits per heavy atom. The molecule has 1 aliphatic heterocycles. The van der Waals surface area contributed by atoms with E-state index in [1.165, 1.54) is 0 Å². The maximum absolute atomic E-state index is 12.9. The minimum atomic E-state index is -0.568. The van der Waals surface area contributed by atoms with Gasteiger partial charge in [-0.1, -0.05) is 0 Å². The van der Waals surface area contributed by atoms with Crippen LogP contribution >= 0.6 is 0 Å². The number of rotatable bonds is 4. The maximum Gasteiger partial charge on any atom is 0.410 e. The van der Waals surface area contributed by atoms with Gasteiger partial charge in [0.1, 0.15) is 11.2 Å². The maximum atomic E-state index is 12.9. The van der Waals surface area contributed by atoms with E-state index >= 15 is 0 Å². The molecule has 0 aliphatic carbocycles. The first-order chi connectivity index (χ1) is 12.4. The molecule has 0 radical (unpaired) electrons. The summed E-state index contributed by atoms with van der Waals surface area (Å²) >= 11 is 0. The second-order valence-electron chi connectivity index (χ2n) is 9.02. The lowest BCUT2D eigenvalue weighted by Crippen LogP contribution is -2.38. The standard InChI is InChI=1S/C20H31N3O4/c1-19(2,3)26-17(24)16(11-15-12-21-8-9-22-15)14-7-10-23(13-14)18(25)27-20(4,5)6/h8-9,12,14,16H,7,10-11,13H2,1-6H3/t14-,16-/m0/s1. The summed E-state index contributed by atoms with van der Waals surface area (Å²) in [7, 11) is 0. The fourth-order valence-corrected chi connectivity index (χ4v) is 3.09. The zero-order chi connectivity index (χ0) is 20.2. The van der Waals surface area contributed by atoms with Crippen LogP contribution in [0.2, 0.25) is 0 Å². The van der Waals surface area contributed by atoms with Crippen LogP contribution in [0.3, 0.4) is 0 Å². The van der Waals surface area contributed by atoms with Crippen molar-refractivity contribution in [1.29, 1.82) is 0 Å². The molecule has 0 saturated carbocycles. The summed E-state index contributed by atoms with van der Waals surface area (Å²) in [5.74, 6) is -0.646. The van der Waals surface area contributed by atoms with Crippen molar-refractivity contribution in [2.24, 2.45) is 11.8 Å². The Kier molecular flexibility index (Phi) is 6.44. The van der Waals surface area contributed by atoms with Crippen LogP contribution in [0.25, 0.3) is 0 Å². The molecule has 1 aromatic rings. The number of carbonyl (C=O) groups excluding carboxylic acids is 2. The van der Waals surface area contributed by atoms with Crippen molar-refractivity contribution in [3.63, 3.8) is 0 Å². The molecule has 2 heterocycles. The highest BCUT2D eigenvalue weighted by Crippen LogP contribution is 2.30. The summed E-state index contributed by atoms with van der Waals surface area (Å²) < 4.78 is 11.1. The van der Waals surface area contributed by atoms with Crippen LogP contribution < -0.4 is 0 Å². The van der Waals surface area contributed by atoms with Gasteiger partial charge >= 0.3 is 12.1 Å². The van der Waals surface area contributed by atoms with Gasteiger partial charge in [0, 0.05) is 38.1 Å². The molecule has 1 aliphatic rings. The lowest BCUT2D eigenvalue weighted by atomic mass is 9.87. The second kappa shape index (κ2) is 8.23. The minimum Gasteiger partial charge on any atom is -0.460 e. The normalized spacial score (nSPS) is 18.9. The van der Waals surface area contributed by atoms with Gasteiger partial charge in [0.2, 0.25) is 0 Å². The largest absolute Gasteiger partial charge is 0.460 e. The van der Waals surface area contributed by atoms with Crippen LogP contribution in [-0.4, -0.2) is 51.2 Å². The molecule has 150 valence electrons. The van der Waals surface area contributed by atoms with Crippen molar-refractivity contribution in [2.75, 3.05) is 13.1 Å². The summed E-state index contributed by atoms with van der Waals surface area (Å²) in [6.45, 7) is 12.1. The van der Waals surface area contributed by atoms with E-state index in [0.29, 0.717) is 19.5 Å². The van der Waals surface area contributed by atoms with Crippen LogP contribution in [0.5, 0.6) is 0 Å². The third-order valence-electron chi connectivity index (χ3n) is 4.20. The van der Waals surface area contributed by atoms with Gasteiger partial charge in [-0.15, -0.1) is 0 Å². The van der Waals surface area contributed by atoms with Crippen LogP contribution in [0, 0.1) is 11.8 Å². The van der Waals surface area contributed by atoms with Gasteiger partial charge in [0.05, 0.1) is 11.6 Å². The topological polar surface area (TPSA) is 81.6 Å². The molecule has 7 heteroatoms. The molecule has 2 rings (SSSR count). The molecule has 1 aromatic heterocycles. The van der Waals surface area contributed by atoms with Gasteiger partial charge in [0.25, 0.3) is 0 Å². The lowest BCUT2D eigenvalue weighted by Gasteiger charge is -2.28. The number of aromatic nitrogens is 2. The smallest absolute Gasteiger partial charge is 0.410 e. The number of hydrogen-bond donors (Lipinski definition) is 0. The fourth-order valence-electron chi connectivity index (χ4n) is 3.09. The summed E-state index contributed by atoms with van der Waals surface area (Å²) in [4.78, 5) is 35.3. The number of esters is 1. The van der Waals surface area contributed by atoms with Crippen molar-refractivity contribution >= 4 is 12.1 Å². The van der Waals surface area contributed by atoms with Gasteiger partial charge in [0.15, 0.2) is 0 Å². The van der Waals surface area contributed by atoms with E-state index < -0.39 is 11.2 Å². The highest BCUT2D eigenvalue weighted by atomic mass is 16.6. The summed E-state index contributed by atoms with van der Waals surface area (Å²) in [5, 5.41) is 0. The molecule has 0 bridgehead atoms. The molecule has 1 fully saturated rings. The van der Waals surface area contributed by atoms with Crippen molar-refractivity contribution in [3.05, 3.63) is 24.3 Å². The quantitative estimate of drug-likeness (QED) is 0.749. The lowest BCUT2D eigenvalue weighted by molar-refractivity contribution is -0.162. The fraction of sp³-hybridized carbons (Fsp3) is 0.700. The van der Waals surface area contributed by atoms with E-state index in [2.05, 4.69) is 9.97 Å². The van der Waals surface area contributed by atoms with Crippen LogP contribution in [0.1, 0.15) is 53.7 Å². The van der Waals surface area contributed by atoms with E-state index in [1.54, 1.807) is 23.5 Å². The number of hydrogen-bond acceptors (Lipinski definition) is 6. The molecular formula is C20H31N3O4. The molecule has 27 heavy (non-hydrogen) atoms. The third-order valence-corrected chi connectivity index (χ3v) is 4.20. The van der Waals surface area contributed by atoms with E-state index in [4.69, 9.17) is 9.47 Å². The molecule has 1 amide bonds. The van der Waals surface area contributed by atoms with Crippen molar-refractivity contribution in [3.8, 4) is 0 Å². The molecule has 7 nitrogen and oxygen atoms in total. The Bertz CT molecular complexity index is 649. The zero-order valence-electron chi connectivity index (χ0n) is 17.2. The van der Waals surface area contributed by atoms with Gasteiger partial charge in [-0.3, -0.25) is 14.8 Å². The predicted molar refractivity (Wildman–Crippen MR) is 101 cm³/mol. The Hall–Kier alpha value is -2.18. The third kappa shape index (κ3) is 6.81. The van der Waals surface area contributed by atoms with Gasteiger partial charge in [-0.05, 0) is 53.9 Å². The number of likely N-dealkylation sites (tertiary alicyclic amines) is 1. The van der Waals surface area contributed by atoms with Crippen molar-refractivity contribution < 1.29 is 19.1 Å². The minimum absolute atomic E-state index is 0.00521. The van der Waals surface area contributed by atoms with Gasteiger partial charge in [-0.2, -0.15) is 0 Å². The van der Waals surface area contributed by atoms with Crippen LogP contribution in [-0.2, 0) is 20.7 Å². The SMILES string of the molecule is CC(C)(C)OC(=O)[C@@H](Cc1cnccn1)[C@H]1CCN(C(=O)OC(C)(C)C)C1. The first kappa shape index (κ1) is 21.1. The first-order valence-electron chi connectivity index (χ1n) is 9.40. The van der Waals surface area contributed by atoms with Gasteiger partial charge in [-0.25, -0.2) is 4.79 Å². The highest BCUT2D eigenvalue weighted by molar-refractivity contribution is 5.74. The summed E-state index contributed by atoms with van der Waals surface area (Å²) in [5.41, 5.74) is -0.371. The summed E-state index contributed by atoms with van der Waals surface area (Å²) in [6, 6.07) is 0. The molecular weight excluding hydrogens is 346 g/mol. The average Bonchev–Trinajstić information content (AvgIpc) is 3.00. The second-order valence-corrected chi connectivity index (χ2v) is 9.02. The monoisotopic (exact) mass is 377 g/mol. The van der Waals surface area contributed by atoms with E-state index in [-0.39, 0.29) is 23.9 Å². The predicted octanol–water partition coefficient (Wildman–Crippen LogP) is 3.23. The molecule has 2 atom stereocenters. The van der Waals surface area contributed by atoms with Crippen LogP contribution in [0.15, 0.2) is 18.6 Å². The summed E-state index contributed by atoms with van der Waals surface area (Å²) in [6.07, 6.45) is 5.71. The molecule has 0 unspecified atom stereocenters. The molecule has 0 N–H and O–H groups in total. The Labute approximate surface area is 161 Å². The molecule has 0 aromatic carbocycles. The van der Waals surface area contributed by atoms with E-state index in [9.17, 15) is 9.59 Å². The Balaban J connectivity index is 2.11. The molecule has 0 spiro atoms. The Morgan fingerprint density at radius 3 is 2.37 bits per heavy atom. The van der Waals surface area contributed by atoms with E-state index in [1.807, 2.05) is 41.5 Å². The molecule has 1 saturated heterocycles. The first-order valence-corrected chi connectivity index (χ1v) is 9.40. The van der Waals surface area contributed by atoms with Crippen molar-refractivity contribution in [1.82, 2.24) is 14.9 Å². The zero-order valence-corrected chi connectivity index (χ0v) is 17.2. The number of carbonyl (C=O) groups is 2. The van der Waals surface area contributed by atoms with E-state index in [0.717, 1.165) is 12.1 Å². The Morgan fingerprint density at radius 1 is 1.15 bits per heavy atom.